The number of rotatable bonds is 13. The van der Waals surface area contributed by atoms with E-state index in [1.165, 1.54) is 65.3 Å². The van der Waals surface area contributed by atoms with Crippen LogP contribution in [0.25, 0.3) is 11.2 Å². The number of anilines is 2. The third-order valence-corrected chi connectivity index (χ3v) is 11.1. The van der Waals surface area contributed by atoms with Crippen LogP contribution in [0.4, 0.5) is 24.9 Å². The van der Waals surface area contributed by atoms with E-state index in [1.54, 1.807) is 0 Å². The highest BCUT2D eigenvalue weighted by Gasteiger charge is 2.58. The summed E-state index contributed by atoms with van der Waals surface area (Å²) >= 11 is 6.00. The van der Waals surface area contributed by atoms with Gasteiger partial charge in [0, 0.05) is 16.6 Å². The number of aromatic nitrogens is 4. The second kappa shape index (κ2) is 13.7. The number of fused-ring (bicyclic) bond motifs is 1. The van der Waals surface area contributed by atoms with Crippen LogP contribution in [0.1, 0.15) is 50.0 Å². The molecule has 7 rings (SSSR count). The molecule has 2 aliphatic carbocycles. The van der Waals surface area contributed by atoms with E-state index in [2.05, 4.69) is 20.0 Å². The van der Waals surface area contributed by atoms with E-state index in [0.717, 1.165) is 18.9 Å². The number of hydrazine groups is 1. The van der Waals surface area contributed by atoms with Gasteiger partial charge in [0.15, 0.2) is 23.2 Å². The minimum atomic E-state index is -4.68. The lowest BCUT2D eigenvalue weighted by molar-refractivity contribution is -0.150. The number of alkyl halides is 3. The third-order valence-electron chi connectivity index (χ3n) is 9.23. The number of nitrogen functional groups attached to an aromatic ring is 1. The first kappa shape index (κ1) is 37.3. The first-order chi connectivity index (χ1) is 25.0. The van der Waals surface area contributed by atoms with Crippen molar-refractivity contribution in [3.8, 4) is 5.75 Å². The number of carbonyl (C=O) groups excluding carboxylic acids is 1. The van der Waals surface area contributed by atoms with Crippen molar-refractivity contribution >= 4 is 48.2 Å². The van der Waals surface area contributed by atoms with Crippen LogP contribution in [0, 0.1) is 0 Å². The van der Waals surface area contributed by atoms with Gasteiger partial charge in [0.25, 0.3) is 0 Å². The highest BCUT2D eigenvalue weighted by Crippen LogP contribution is 2.53. The summed E-state index contributed by atoms with van der Waals surface area (Å²) < 4.78 is 79.2. The van der Waals surface area contributed by atoms with Crippen LogP contribution in [0.5, 0.6) is 5.75 Å². The van der Waals surface area contributed by atoms with Crippen molar-refractivity contribution in [2.75, 3.05) is 17.3 Å². The molecule has 3 aliphatic rings. The molecule has 5 atom stereocenters. The highest BCUT2D eigenvalue weighted by atomic mass is 35.5. The fourth-order valence-corrected chi connectivity index (χ4v) is 7.88. The molecular formula is C32H35ClF3N8O8P. The van der Waals surface area contributed by atoms with E-state index in [1.807, 2.05) is 0 Å². The first-order valence-electron chi connectivity index (χ1n) is 16.4. The lowest BCUT2D eigenvalue weighted by Crippen LogP contribution is -2.45. The Bertz CT molecular complexity index is 2060. The highest BCUT2D eigenvalue weighted by molar-refractivity contribution is 7.52. The summed E-state index contributed by atoms with van der Waals surface area (Å²) in [7, 11) is -4.59. The number of aliphatic hydroxyl groups is 2. The zero-order valence-corrected chi connectivity index (χ0v) is 29.6. The average molecular weight is 783 g/mol. The Balaban J connectivity index is 1.10. The largest absolute Gasteiger partial charge is 0.459 e. The molecule has 3 heterocycles. The van der Waals surface area contributed by atoms with Crippen LogP contribution < -0.4 is 26.2 Å². The molecule has 1 aliphatic heterocycles. The number of ether oxygens (including phenoxy) is 2. The Kier molecular flexibility index (Phi) is 9.60. The van der Waals surface area contributed by atoms with Gasteiger partial charge in [-0.15, -0.1) is 0 Å². The lowest BCUT2D eigenvalue weighted by Gasteiger charge is -2.27. The number of esters is 1. The molecule has 0 spiro atoms. The van der Waals surface area contributed by atoms with Crippen molar-refractivity contribution in [1.29, 1.82) is 0 Å². The maximum atomic E-state index is 14.4. The number of imidazole rings is 1. The van der Waals surface area contributed by atoms with Crippen LogP contribution in [0.3, 0.4) is 0 Å². The number of aliphatic hydroxyl groups excluding tert-OH is 1. The fourth-order valence-electron chi connectivity index (χ4n) is 6.01. The molecule has 7 N–H and O–H groups in total. The van der Waals surface area contributed by atoms with Gasteiger partial charge in [-0.2, -0.15) is 28.2 Å². The molecule has 16 nitrogen and oxygen atoms in total. The molecule has 3 unspecified atom stereocenters. The lowest BCUT2D eigenvalue weighted by atomic mass is 9.96. The predicted molar refractivity (Wildman–Crippen MR) is 182 cm³/mol. The summed E-state index contributed by atoms with van der Waals surface area (Å²) in [6, 6.07) is 10.4. The fraction of sp³-hybridized carbons (Fsp3) is 0.438. The Morgan fingerprint density at radius 1 is 1.19 bits per heavy atom. The number of halogens is 4. The van der Waals surface area contributed by atoms with Gasteiger partial charge in [0.1, 0.15) is 35.7 Å². The van der Waals surface area contributed by atoms with Crippen LogP contribution in [-0.4, -0.2) is 71.7 Å². The molecule has 1 saturated heterocycles. The SMILES string of the molecule is C[C@]1(O)C(n2cnc3c(N(N)C4CC4)nc(N)nc32)OC(COP(=O)(NC2(C(=O)OCc3ccccc3C(F)(F)F)CC2)Oc2ccc(Cl)cc2)[C@H]1O. The van der Waals surface area contributed by atoms with Crippen LogP contribution >= 0.6 is 19.3 Å². The summed E-state index contributed by atoms with van der Waals surface area (Å²) in [6.45, 7) is -0.0408. The molecule has 53 heavy (non-hydrogen) atoms. The zero-order valence-electron chi connectivity index (χ0n) is 27.9. The van der Waals surface area contributed by atoms with E-state index >= 15 is 0 Å². The molecular weight excluding hydrogens is 748 g/mol. The van der Waals surface area contributed by atoms with Crippen molar-refractivity contribution in [3.05, 3.63) is 71.0 Å². The molecule has 4 aromatic rings. The minimum Gasteiger partial charge on any atom is -0.459 e. The first-order valence-corrected chi connectivity index (χ1v) is 18.3. The number of nitrogens with two attached hydrogens (primary N) is 2. The molecule has 3 fully saturated rings. The number of hydrogen-bond acceptors (Lipinski definition) is 14. The third kappa shape index (κ3) is 7.52. The smallest absolute Gasteiger partial charge is 0.459 e. The average Bonchev–Trinajstić information content (AvgIpc) is 4.04. The second-order valence-electron chi connectivity index (χ2n) is 13.3. The number of benzene rings is 2. The van der Waals surface area contributed by atoms with E-state index in [9.17, 15) is 32.7 Å². The molecule has 2 saturated carbocycles. The van der Waals surface area contributed by atoms with Gasteiger partial charge < -0.3 is 29.9 Å². The second-order valence-corrected chi connectivity index (χ2v) is 15.4. The van der Waals surface area contributed by atoms with Crippen LogP contribution in [0.15, 0.2) is 54.9 Å². The molecule has 0 bridgehead atoms. The van der Waals surface area contributed by atoms with Crippen molar-refractivity contribution in [2.45, 2.75) is 81.0 Å². The summed E-state index contributed by atoms with van der Waals surface area (Å²) in [5.41, 5.74) is 1.56. The van der Waals surface area contributed by atoms with Gasteiger partial charge in [-0.05, 0) is 62.9 Å². The summed E-state index contributed by atoms with van der Waals surface area (Å²) in [6.07, 6.45) is -5.76. The number of nitrogens with zero attached hydrogens (tertiary/aromatic N) is 5. The van der Waals surface area contributed by atoms with Crippen molar-refractivity contribution in [1.82, 2.24) is 24.6 Å². The molecule has 0 radical (unpaired) electrons. The quantitative estimate of drug-likeness (QED) is 0.0560. The zero-order chi connectivity index (χ0) is 37.9. The van der Waals surface area contributed by atoms with Crippen LogP contribution in [0.2, 0.25) is 5.02 Å². The van der Waals surface area contributed by atoms with Gasteiger partial charge >= 0.3 is 19.9 Å². The Labute approximate surface area is 304 Å². The Hall–Kier alpha value is -4.07. The summed E-state index contributed by atoms with van der Waals surface area (Å²) in [4.78, 5) is 26.2. The molecule has 284 valence electrons. The van der Waals surface area contributed by atoms with E-state index in [-0.39, 0.29) is 53.1 Å². The van der Waals surface area contributed by atoms with Gasteiger partial charge in [0.2, 0.25) is 5.95 Å². The molecule has 2 aromatic carbocycles. The summed E-state index contributed by atoms with van der Waals surface area (Å²) in [5.74, 6) is 5.44. The molecule has 2 aromatic heterocycles. The maximum absolute atomic E-state index is 14.4. The van der Waals surface area contributed by atoms with Gasteiger partial charge in [-0.25, -0.2) is 15.4 Å². The number of carbonyl (C=O) groups is 1. The standard InChI is InChI=1S/C32H35ClF3N8O8P/c1-30(47)24(45)22(51-27(30)43-16-39-23-25(43)40-29(37)41-26(23)44(38)19-8-9-19)15-50-53(48,52-20-10-6-18(33)7-11-20)42-31(12-13-31)28(46)49-14-17-4-2-3-5-21(17)32(34,35)36/h2-7,10-11,16,19,22,24,27,45,47H,8-9,12-15,38H2,1H3,(H,42,48)(H2,37,40,41)/t22?,24-,27?,30-,53?/m1/s1. The Morgan fingerprint density at radius 2 is 1.89 bits per heavy atom. The van der Waals surface area contributed by atoms with Gasteiger partial charge in [0.05, 0.1) is 18.5 Å². The maximum Gasteiger partial charge on any atom is 0.459 e. The van der Waals surface area contributed by atoms with Crippen molar-refractivity contribution < 1.29 is 51.3 Å². The minimum absolute atomic E-state index is 0.0179. The normalized spacial score (nSPS) is 24.9. The monoisotopic (exact) mass is 782 g/mol. The Morgan fingerprint density at radius 3 is 2.55 bits per heavy atom. The summed E-state index contributed by atoms with van der Waals surface area (Å²) in [5, 5.41) is 27.2. The van der Waals surface area contributed by atoms with Crippen molar-refractivity contribution in [2.24, 2.45) is 5.84 Å². The van der Waals surface area contributed by atoms with E-state index in [0.29, 0.717) is 5.02 Å². The van der Waals surface area contributed by atoms with Crippen molar-refractivity contribution in [3.63, 3.8) is 0 Å². The number of hydrogen-bond donors (Lipinski definition) is 5. The number of nitrogens with one attached hydrogen (secondary N) is 1. The van der Waals surface area contributed by atoms with E-state index < -0.39 is 68.2 Å². The van der Waals surface area contributed by atoms with Crippen LogP contribution in [-0.2, 0) is 36.1 Å². The van der Waals surface area contributed by atoms with E-state index in [4.69, 9.17) is 41.7 Å². The topological polar surface area (TPSA) is 222 Å². The predicted octanol–water partition coefficient (Wildman–Crippen LogP) is 4.00. The molecule has 21 heteroatoms. The van der Waals surface area contributed by atoms with Gasteiger partial charge in [-0.3, -0.25) is 18.9 Å². The molecule has 0 amide bonds. The van der Waals surface area contributed by atoms with Gasteiger partial charge in [-0.1, -0.05) is 29.8 Å².